The minimum atomic E-state index is -1.42. The molecule has 0 saturated heterocycles. The predicted molar refractivity (Wildman–Crippen MR) is 51.0 cm³/mol. The normalized spacial score (nSPS) is 22.1. The third-order valence-electron chi connectivity index (χ3n) is 1.48. The minimum absolute atomic E-state index is 0. The van der Waals surface area contributed by atoms with Crippen molar-refractivity contribution in [1.29, 1.82) is 0 Å². The molecule has 4 N–H and O–H groups in total. The Hall–Kier alpha value is 0.280. The molecule has 1 aliphatic heterocycles. The Kier molecular flexibility index (Phi) is 8.00. The van der Waals surface area contributed by atoms with Gasteiger partial charge in [-0.05, 0) is 0 Å². The van der Waals surface area contributed by atoms with Crippen LogP contribution in [0.25, 0.3) is 0 Å². The van der Waals surface area contributed by atoms with Crippen LogP contribution in [-0.4, -0.2) is 82.9 Å². The molecular formula is C6H11CaClO6. The van der Waals surface area contributed by atoms with E-state index in [0.717, 1.165) is 0 Å². The molecule has 0 fully saturated rings. The van der Waals surface area contributed by atoms with Gasteiger partial charge in [-0.1, -0.05) is 0 Å². The fourth-order valence-corrected chi connectivity index (χ4v) is 0.823. The number of hydrogen-bond acceptors (Lipinski definition) is 6. The summed E-state index contributed by atoms with van der Waals surface area (Å²) in [7, 11) is 0. The van der Waals surface area contributed by atoms with Gasteiger partial charge in [0.2, 0.25) is 5.76 Å². The maximum atomic E-state index is 10.5. The molecule has 0 aliphatic carbocycles. The van der Waals surface area contributed by atoms with E-state index in [1.165, 1.54) is 0 Å². The standard InChI is InChI=1S/C6H8O6.Ca.ClH.2H/c7-1-2(8)5-3(9)4(10)6(11)12-5;;;;/h2,5,7-10H,1H2;;1H;;/t2?,5-;;;;/m1..../s1. The zero-order valence-corrected chi connectivity index (χ0v) is 7.19. The molecular weight excluding hydrogens is 244 g/mol. The zero-order chi connectivity index (χ0) is 9.30. The van der Waals surface area contributed by atoms with Gasteiger partial charge < -0.3 is 25.2 Å². The summed E-state index contributed by atoms with van der Waals surface area (Å²) < 4.78 is 4.32. The van der Waals surface area contributed by atoms with E-state index < -0.39 is 36.3 Å². The van der Waals surface area contributed by atoms with Gasteiger partial charge in [0, 0.05) is 0 Å². The quantitative estimate of drug-likeness (QED) is 0.339. The van der Waals surface area contributed by atoms with E-state index in [1.54, 1.807) is 0 Å². The van der Waals surface area contributed by atoms with Crippen molar-refractivity contribution in [3.8, 4) is 0 Å². The molecule has 2 atom stereocenters. The molecule has 80 valence electrons. The van der Waals surface area contributed by atoms with Crippen LogP contribution in [-0.2, 0) is 9.53 Å². The Morgan fingerprint density at radius 1 is 1.43 bits per heavy atom. The van der Waals surface area contributed by atoms with Crippen LogP contribution in [0.15, 0.2) is 11.5 Å². The second kappa shape index (κ2) is 6.71. The predicted octanol–water partition coefficient (Wildman–Crippen LogP) is -1.90. The molecule has 0 amide bonds. The molecule has 14 heavy (non-hydrogen) atoms. The van der Waals surface area contributed by atoms with Gasteiger partial charge in [-0.15, -0.1) is 12.4 Å². The van der Waals surface area contributed by atoms with E-state index in [2.05, 4.69) is 4.74 Å². The molecule has 1 aliphatic rings. The molecule has 0 aromatic carbocycles. The molecule has 0 aromatic rings. The van der Waals surface area contributed by atoms with Crippen LogP contribution in [0.3, 0.4) is 0 Å². The number of carbonyl (C=O) groups is 1. The van der Waals surface area contributed by atoms with Crippen LogP contribution >= 0.6 is 12.4 Å². The van der Waals surface area contributed by atoms with Gasteiger partial charge in [0.1, 0.15) is 6.10 Å². The van der Waals surface area contributed by atoms with Gasteiger partial charge >= 0.3 is 43.7 Å². The summed E-state index contributed by atoms with van der Waals surface area (Å²) in [5.41, 5.74) is 0. The van der Waals surface area contributed by atoms with Crippen LogP contribution < -0.4 is 0 Å². The van der Waals surface area contributed by atoms with Crippen molar-refractivity contribution in [2.45, 2.75) is 12.2 Å². The number of rotatable bonds is 2. The van der Waals surface area contributed by atoms with E-state index in [1.807, 2.05) is 0 Å². The number of esters is 1. The van der Waals surface area contributed by atoms with Crippen molar-refractivity contribution in [1.82, 2.24) is 0 Å². The van der Waals surface area contributed by atoms with Crippen LogP contribution in [0.1, 0.15) is 0 Å². The Morgan fingerprint density at radius 3 is 2.21 bits per heavy atom. The maximum absolute atomic E-state index is 10.5. The topological polar surface area (TPSA) is 107 Å². The summed E-state index contributed by atoms with van der Waals surface area (Å²) in [4.78, 5) is 10.5. The van der Waals surface area contributed by atoms with Gasteiger partial charge in [-0.25, -0.2) is 4.79 Å². The molecule has 0 aromatic heterocycles. The average Bonchev–Trinajstić information content (AvgIpc) is 2.32. The van der Waals surface area contributed by atoms with Crippen molar-refractivity contribution >= 4 is 56.1 Å². The first-order chi connectivity index (χ1) is 5.57. The number of hydrogen-bond donors (Lipinski definition) is 4. The summed E-state index contributed by atoms with van der Waals surface area (Å²) >= 11 is 0. The first-order valence-electron chi connectivity index (χ1n) is 3.20. The van der Waals surface area contributed by atoms with E-state index in [-0.39, 0.29) is 50.1 Å². The SMILES string of the molecule is Cl.O=C1O[C@H](C(O)CO)C(O)=C1O.[CaH2]. The number of aliphatic hydroxyl groups excluding tert-OH is 4. The zero-order valence-electron chi connectivity index (χ0n) is 6.38. The molecule has 6 nitrogen and oxygen atoms in total. The second-order valence-electron chi connectivity index (χ2n) is 2.31. The van der Waals surface area contributed by atoms with E-state index >= 15 is 0 Å². The number of aliphatic hydroxyl groups is 4. The Balaban J connectivity index is 0. The molecule has 1 rings (SSSR count). The summed E-state index contributed by atoms with van der Waals surface area (Å²) in [5, 5.41) is 35.0. The summed E-state index contributed by atoms with van der Waals surface area (Å²) in [6.07, 6.45) is -2.78. The Bertz CT molecular complexity index is 242. The van der Waals surface area contributed by atoms with Crippen molar-refractivity contribution < 1.29 is 30.0 Å². The second-order valence-corrected chi connectivity index (χ2v) is 2.31. The molecule has 1 heterocycles. The van der Waals surface area contributed by atoms with Crippen molar-refractivity contribution in [3.05, 3.63) is 11.5 Å². The molecule has 1 unspecified atom stereocenters. The van der Waals surface area contributed by atoms with Gasteiger partial charge in [0.25, 0.3) is 0 Å². The average molecular weight is 255 g/mol. The first-order valence-corrected chi connectivity index (χ1v) is 3.20. The van der Waals surface area contributed by atoms with Crippen LogP contribution in [0.5, 0.6) is 0 Å². The fourth-order valence-electron chi connectivity index (χ4n) is 0.823. The first kappa shape index (κ1) is 16.7. The Morgan fingerprint density at radius 2 is 1.93 bits per heavy atom. The van der Waals surface area contributed by atoms with E-state index in [4.69, 9.17) is 20.4 Å². The number of halogens is 1. The number of ether oxygens (including phenoxy) is 1. The van der Waals surface area contributed by atoms with Crippen LogP contribution in [0.2, 0.25) is 0 Å². The summed E-state index contributed by atoms with van der Waals surface area (Å²) in [6.45, 7) is -0.671. The third kappa shape index (κ3) is 3.15. The molecule has 0 spiro atoms. The van der Waals surface area contributed by atoms with E-state index in [9.17, 15) is 4.79 Å². The van der Waals surface area contributed by atoms with Gasteiger partial charge in [0.15, 0.2) is 11.9 Å². The van der Waals surface area contributed by atoms with Crippen molar-refractivity contribution in [2.24, 2.45) is 0 Å². The molecule has 0 saturated carbocycles. The fraction of sp³-hybridized carbons (Fsp3) is 0.500. The van der Waals surface area contributed by atoms with Crippen molar-refractivity contribution in [2.75, 3.05) is 6.61 Å². The number of cyclic esters (lactones) is 1. The van der Waals surface area contributed by atoms with Crippen LogP contribution in [0, 0.1) is 0 Å². The van der Waals surface area contributed by atoms with Gasteiger partial charge in [0.05, 0.1) is 6.61 Å². The van der Waals surface area contributed by atoms with Crippen molar-refractivity contribution in [3.63, 3.8) is 0 Å². The van der Waals surface area contributed by atoms with Crippen LogP contribution in [0.4, 0.5) is 0 Å². The van der Waals surface area contributed by atoms with Gasteiger partial charge in [-0.3, -0.25) is 0 Å². The summed E-state index contributed by atoms with van der Waals surface area (Å²) in [6, 6.07) is 0. The molecule has 8 heteroatoms. The third-order valence-corrected chi connectivity index (χ3v) is 1.48. The monoisotopic (exact) mass is 254 g/mol. The molecule has 0 radical (unpaired) electrons. The van der Waals surface area contributed by atoms with E-state index in [0.29, 0.717) is 0 Å². The number of carbonyl (C=O) groups excluding carboxylic acids is 1. The molecule has 0 bridgehead atoms. The Labute approximate surface area is 116 Å². The summed E-state index contributed by atoms with van der Waals surface area (Å²) in [5.74, 6) is -2.78. The van der Waals surface area contributed by atoms with Gasteiger partial charge in [-0.2, -0.15) is 0 Å².